The lowest BCUT2D eigenvalue weighted by molar-refractivity contribution is 0.0929. The second-order valence-corrected chi connectivity index (χ2v) is 7.32. The van der Waals surface area contributed by atoms with E-state index in [0.29, 0.717) is 23.7 Å². The second kappa shape index (κ2) is 8.59. The third kappa shape index (κ3) is 3.89. The summed E-state index contributed by atoms with van der Waals surface area (Å²) in [5.74, 6) is 0.975. The lowest BCUT2D eigenvalue weighted by Gasteiger charge is -2.11. The molecule has 0 saturated heterocycles. The largest absolute Gasteiger partial charge is 0.493 e. The number of halogens is 1. The number of hydrazone groups is 1. The van der Waals surface area contributed by atoms with E-state index in [0.717, 1.165) is 26.2 Å². The minimum Gasteiger partial charge on any atom is -0.493 e. The van der Waals surface area contributed by atoms with Gasteiger partial charge in [-0.05, 0) is 57.9 Å². The maximum Gasteiger partial charge on any atom is 0.307 e. The number of nitrogens with one attached hydrogen (secondary N) is 1. The summed E-state index contributed by atoms with van der Waals surface area (Å²) in [5, 5.41) is 7.07. The number of carbonyl (C=O) groups excluding carboxylic acids is 1. The van der Waals surface area contributed by atoms with Gasteiger partial charge in [0.05, 0.1) is 19.9 Å². The van der Waals surface area contributed by atoms with E-state index in [-0.39, 0.29) is 5.76 Å². The average molecular weight is 467 g/mol. The van der Waals surface area contributed by atoms with Crippen molar-refractivity contribution >= 4 is 49.8 Å². The first-order chi connectivity index (χ1) is 14.6. The minimum absolute atomic E-state index is 0.197. The third-order valence-electron chi connectivity index (χ3n) is 4.60. The van der Waals surface area contributed by atoms with E-state index in [1.165, 1.54) is 6.21 Å². The van der Waals surface area contributed by atoms with Crippen molar-refractivity contribution in [2.75, 3.05) is 13.7 Å². The number of benzene rings is 3. The number of nitrogens with zero attached hydrogens (tertiary/aromatic N) is 1. The van der Waals surface area contributed by atoms with Gasteiger partial charge in [-0.15, -0.1) is 0 Å². The van der Waals surface area contributed by atoms with Crippen LogP contribution in [0.2, 0.25) is 0 Å². The van der Waals surface area contributed by atoms with Crippen molar-refractivity contribution in [1.29, 1.82) is 0 Å². The van der Waals surface area contributed by atoms with Gasteiger partial charge in [-0.2, -0.15) is 5.10 Å². The smallest absolute Gasteiger partial charge is 0.307 e. The molecule has 0 saturated carbocycles. The Bertz CT molecular complexity index is 1260. The quantitative estimate of drug-likeness (QED) is 0.300. The summed E-state index contributed by atoms with van der Waals surface area (Å²) >= 11 is 3.47. The maximum atomic E-state index is 12.5. The number of hydrogen-bond acceptors (Lipinski definition) is 5. The van der Waals surface area contributed by atoms with Crippen molar-refractivity contribution in [3.05, 3.63) is 70.4 Å². The number of hydrogen-bond donors (Lipinski definition) is 1. The number of furan rings is 1. The highest BCUT2D eigenvalue weighted by Gasteiger charge is 2.14. The topological polar surface area (TPSA) is 73.1 Å². The van der Waals surface area contributed by atoms with E-state index in [1.807, 2.05) is 43.3 Å². The first-order valence-corrected chi connectivity index (χ1v) is 10.1. The second-order valence-electron chi connectivity index (χ2n) is 6.47. The van der Waals surface area contributed by atoms with Crippen LogP contribution in [0.15, 0.2) is 68.6 Å². The molecule has 7 heteroatoms. The third-order valence-corrected chi connectivity index (χ3v) is 5.29. The molecule has 1 heterocycles. The summed E-state index contributed by atoms with van der Waals surface area (Å²) in [7, 11) is 1.58. The summed E-state index contributed by atoms with van der Waals surface area (Å²) in [6.07, 6.45) is 1.53. The van der Waals surface area contributed by atoms with E-state index < -0.39 is 5.91 Å². The molecule has 4 rings (SSSR count). The van der Waals surface area contributed by atoms with Crippen molar-refractivity contribution < 1.29 is 18.7 Å². The van der Waals surface area contributed by atoms with Crippen molar-refractivity contribution in [3.8, 4) is 11.5 Å². The van der Waals surface area contributed by atoms with Crippen LogP contribution in [-0.4, -0.2) is 25.8 Å². The molecule has 1 aromatic heterocycles. The van der Waals surface area contributed by atoms with Crippen LogP contribution in [0.1, 0.15) is 23.0 Å². The van der Waals surface area contributed by atoms with Crippen LogP contribution in [-0.2, 0) is 0 Å². The summed E-state index contributed by atoms with van der Waals surface area (Å²) in [5.41, 5.74) is 3.89. The normalized spacial score (nSPS) is 11.3. The Morgan fingerprint density at radius 2 is 1.97 bits per heavy atom. The zero-order valence-electron chi connectivity index (χ0n) is 16.4. The molecule has 4 aromatic rings. The summed E-state index contributed by atoms with van der Waals surface area (Å²) in [4.78, 5) is 12.5. The maximum absolute atomic E-state index is 12.5. The van der Waals surface area contributed by atoms with Crippen molar-refractivity contribution in [3.63, 3.8) is 0 Å². The van der Waals surface area contributed by atoms with Crippen LogP contribution in [0.3, 0.4) is 0 Å². The fourth-order valence-corrected chi connectivity index (χ4v) is 3.62. The first kappa shape index (κ1) is 20.0. The van der Waals surface area contributed by atoms with Crippen molar-refractivity contribution in [2.24, 2.45) is 5.10 Å². The number of rotatable bonds is 6. The van der Waals surface area contributed by atoms with E-state index in [9.17, 15) is 4.79 Å². The van der Waals surface area contributed by atoms with Gasteiger partial charge in [0, 0.05) is 15.4 Å². The molecule has 0 aliphatic carbocycles. The monoisotopic (exact) mass is 466 g/mol. The van der Waals surface area contributed by atoms with Gasteiger partial charge in [-0.25, -0.2) is 5.43 Å². The van der Waals surface area contributed by atoms with Gasteiger partial charge < -0.3 is 13.9 Å². The molecule has 152 valence electrons. The SMILES string of the molecule is CCOc1cc(C=NNC(=O)c2cc3c(ccc4ccccc43)o2)c(Br)cc1OC. The zero-order chi connectivity index (χ0) is 21.1. The van der Waals surface area contributed by atoms with E-state index >= 15 is 0 Å². The number of methoxy groups -OCH3 is 1. The summed E-state index contributed by atoms with van der Waals surface area (Å²) < 4.78 is 17.4. The van der Waals surface area contributed by atoms with Crippen LogP contribution in [0, 0.1) is 0 Å². The Labute approximate surface area is 181 Å². The standard InChI is InChI=1S/C23H19BrN2O4/c1-3-29-21-10-15(18(24)12-20(21)28-2)13-25-26-23(27)22-11-17-16-7-5-4-6-14(16)8-9-19(17)30-22/h4-13H,3H2,1-2H3,(H,26,27). The number of carbonyl (C=O) groups is 1. The van der Waals surface area contributed by atoms with Crippen LogP contribution in [0.25, 0.3) is 21.7 Å². The molecule has 1 N–H and O–H groups in total. The van der Waals surface area contributed by atoms with Gasteiger partial charge in [0.1, 0.15) is 5.58 Å². The molecule has 30 heavy (non-hydrogen) atoms. The van der Waals surface area contributed by atoms with Crippen molar-refractivity contribution in [2.45, 2.75) is 6.92 Å². The number of ether oxygens (including phenoxy) is 2. The average Bonchev–Trinajstić information content (AvgIpc) is 3.21. The van der Waals surface area contributed by atoms with Crippen LogP contribution < -0.4 is 14.9 Å². The molecular formula is C23H19BrN2O4. The number of fused-ring (bicyclic) bond motifs is 3. The molecule has 0 unspecified atom stereocenters. The molecule has 0 aliphatic heterocycles. The predicted octanol–water partition coefficient (Wildman–Crippen LogP) is 5.52. The fourth-order valence-electron chi connectivity index (χ4n) is 3.20. The highest BCUT2D eigenvalue weighted by molar-refractivity contribution is 9.10. The molecule has 1 amide bonds. The minimum atomic E-state index is -0.429. The van der Waals surface area contributed by atoms with E-state index in [2.05, 4.69) is 26.5 Å². The fraction of sp³-hybridized carbons (Fsp3) is 0.130. The van der Waals surface area contributed by atoms with Crippen LogP contribution in [0.4, 0.5) is 0 Å². The Hall–Kier alpha value is -3.32. The van der Waals surface area contributed by atoms with Gasteiger partial charge in [-0.1, -0.05) is 30.3 Å². The van der Waals surface area contributed by atoms with Gasteiger partial charge in [0.15, 0.2) is 17.3 Å². The summed E-state index contributed by atoms with van der Waals surface area (Å²) in [6.45, 7) is 2.40. The molecule has 0 atom stereocenters. The lowest BCUT2D eigenvalue weighted by Crippen LogP contribution is -2.16. The van der Waals surface area contributed by atoms with Gasteiger partial charge in [0.25, 0.3) is 0 Å². The Kier molecular flexibility index (Phi) is 5.72. The van der Waals surface area contributed by atoms with E-state index in [4.69, 9.17) is 13.9 Å². The number of amides is 1. The predicted molar refractivity (Wildman–Crippen MR) is 121 cm³/mol. The summed E-state index contributed by atoms with van der Waals surface area (Å²) in [6, 6.07) is 17.1. The highest BCUT2D eigenvalue weighted by atomic mass is 79.9. The van der Waals surface area contributed by atoms with Gasteiger partial charge in [-0.3, -0.25) is 4.79 Å². The van der Waals surface area contributed by atoms with Gasteiger partial charge in [0.2, 0.25) is 0 Å². The Morgan fingerprint density at radius 3 is 2.77 bits per heavy atom. The van der Waals surface area contributed by atoms with Crippen LogP contribution in [0.5, 0.6) is 11.5 Å². The lowest BCUT2D eigenvalue weighted by atomic mass is 10.1. The van der Waals surface area contributed by atoms with E-state index in [1.54, 1.807) is 25.3 Å². The molecule has 0 spiro atoms. The molecule has 0 fully saturated rings. The molecule has 6 nitrogen and oxygen atoms in total. The van der Waals surface area contributed by atoms with Crippen LogP contribution >= 0.6 is 15.9 Å². The van der Waals surface area contributed by atoms with Crippen molar-refractivity contribution in [1.82, 2.24) is 5.43 Å². The Balaban J connectivity index is 1.55. The Morgan fingerprint density at radius 1 is 1.13 bits per heavy atom. The molecule has 0 bridgehead atoms. The molecule has 0 aliphatic rings. The highest BCUT2D eigenvalue weighted by Crippen LogP contribution is 2.33. The molecule has 0 radical (unpaired) electrons. The van der Waals surface area contributed by atoms with Gasteiger partial charge >= 0.3 is 5.91 Å². The first-order valence-electron chi connectivity index (χ1n) is 9.35. The molecular weight excluding hydrogens is 448 g/mol. The zero-order valence-corrected chi connectivity index (χ0v) is 18.0. The molecule has 3 aromatic carbocycles.